The molecular weight excluding hydrogens is 312 g/mol. The number of aromatic nitrogens is 3. The first-order valence-electron chi connectivity index (χ1n) is 7.06. The second kappa shape index (κ2) is 7.15. The van der Waals surface area contributed by atoms with Gasteiger partial charge in [-0.15, -0.1) is 0 Å². The van der Waals surface area contributed by atoms with Crippen molar-refractivity contribution in [3.8, 4) is 5.69 Å². The lowest BCUT2D eigenvalue weighted by molar-refractivity contribution is 0.0922. The summed E-state index contributed by atoms with van der Waals surface area (Å²) in [6.45, 7) is 0.382. The summed E-state index contributed by atoms with van der Waals surface area (Å²) >= 11 is 1.65. The van der Waals surface area contributed by atoms with Crippen LogP contribution in [0.15, 0.2) is 53.5 Å². The summed E-state index contributed by atoms with van der Waals surface area (Å²) in [6, 6.07) is 11.2. The SMILES string of the molecule is CSCc1ccc(C(=O)NCc2ccccc2-n2cncn2)o1. The van der Waals surface area contributed by atoms with Crippen molar-refractivity contribution >= 4 is 17.7 Å². The molecule has 1 N–H and O–H groups in total. The van der Waals surface area contributed by atoms with E-state index in [4.69, 9.17) is 4.42 Å². The molecule has 3 rings (SSSR count). The lowest BCUT2D eigenvalue weighted by Crippen LogP contribution is -2.23. The van der Waals surface area contributed by atoms with Crippen LogP contribution in [0.4, 0.5) is 0 Å². The fourth-order valence-corrected chi connectivity index (χ4v) is 2.64. The molecule has 0 radical (unpaired) electrons. The van der Waals surface area contributed by atoms with Crippen LogP contribution in [-0.2, 0) is 12.3 Å². The van der Waals surface area contributed by atoms with E-state index >= 15 is 0 Å². The second-order valence-corrected chi connectivity index (χ2v) is 5.72. The molecule has 0 saturated carbocycles. The fraction of sp³-hybridized carbons (Fsp3) is 0.188. The first-order chi connectivity index (χ1) is 11.3. The summed E-state index contributed by atoms with van der Waals surface area (Å²) in [5.41, 5.74) is 1.83. The first-order valence-corrected chi connectivity index (χ1v) is 8.46. The topological polar surface area (TPSA) is 73.0 Å². The van der Waals surface area contributed by atoms with Crippen LogP contribution >= 0.6 is 11.8 Å². The van der Waals surface area contributed by atoms with E-state index in [9.17, 15) is 4.79 Å². The van der Waals surface area contributed by atoms with Gasteiger partial charge in [0.05, 0.1) is 11.4 Å². The molecule has 23 heavy (non-hydrogen) atoms. The summed E-state index contributed by atoms with van der Waals surface area (Å²) in [6.07, 6.45) is 5.09. The number of carbonyl (C=O) groups excluding carboxylic acids is 1. The number of hydrogen-bond donors (Lipinski definition) is 1. The predicted molar refractivity (Wildman–Crippen MR) is 88.5 cm³/mol. The molecule has 7 heteroatoms. The van der Waals surface area contributed by atoms with Crippen molar-refractivity contribution in [2.75, 3.05) is 6.26 Å². The Bertz CT molecular complexity index is 783. The van der Waals surface area contributed by atoms with Crippen molar-refractivity contribution in [1.82, 2.24) is 20.1 Å². The average molecular weight is 328 g/mol. The van der Waals surface area contributed by atoms with Crippen LogP contribution in [0.25, 0.3) is 5.69 Å². The monoisotopic (exact) mass is 328 g/mol. The van der Waals surface area contributed by atoms with Crippen LogP contribution in [0, 0.1) is 0 Å². The van der Waals surface area contributed by atoms with Gasteiger partial charge in [0, 0.05) is 6.54 Å². The van der Waals surface area contributed by atoms with Crippen molar-refractivity contribution in [3.05, 3.63) is 66.1 Å². The number of benzene rings is 1. The number of nitrogens with one attached hydrogen (secondary N) is 1. The Morgan fingerprint density at radius 3 is 2.96 bits per heavy atom. The van der Waals surface area contributed by atoms with E-state index in [2.05, 4.69) is 15.4 Å². The van der Waals surface area contributed by atoms with E-state index < -0.39 is 0 Å². The Kier molecular flexibility index (Phi) is 4.77. The molecule has 0 aliphatic heterocycles. The molecule has 1 aromatic carbocycles. The first kappa shape index (κ1) is 15.4. The smallest absolute Gasteiger partial charge is 0.287 e. The molecule has 1 amide bonds. The summed E-state index contributed by atoms with van der Waals surface area (Å²) in [4.78, 5) is 16.1. The normalized spacial score (nSPS) is 10.7. The minimum Gasteiger partial charge on any atom is -0.455 e. The highest BCUT2D eigenvalue weighted by Gasteiger charge is 2.12. The number of para-hydroxylation sites is 1. The molecule has 0 aliphatic carbocycles. The number of furan rings is 1. The Hall–Kier alpha value is -2.54. The molecule has 6 nitrogen and oxygen atoms in total. The van der Waals surface area contributed by atoms with Crippen LogP contribution in [0.2, 0.25) is 0 Å². The Morgan fingerprint density at radius 1 is 1.30 bits per heavy atom. The van der Waals surface area contributed by atoms with Crippen molar-refractivity contribution in [2.24, 2.45) is 0 Å². The molecule has 0 atom stereocenters. The van der Waals surface area contributed by atoms with E-state index in [0.29, 0.717) is 12.3 Å². The number of carbonyl (C=O) groups is 1. The zero-order valence-corrected chi connectivity index (χ0v) is 13.4. The molecule has 2 heterocycles. The highest BCUT2D eigenvalue weighted by Crippen LogP contribution is 2.15. The zero-order chi connectivity index (χ0) is 16.1. The molecule has 0 spiro atoms. The van der Waals surface area contributed by atoms with Gasteiger partial charge in [0.1, 0.15) is 18.4 Å². The van der Waals surface area contributed by atoms with Gasteiger partial charge in [0.2, 0.25) is 0 Å². The maximum Gasteiger partial charge on any atom is 0.287 e. The summed E-state index contributed by atoms with van der Waals surface area (Å²) in [7, 11) is 0. The summed E-state index contributed by atoms with van der Waals surface area (Å²) in [5, 5.41) is 7.00. The average Bonchev–Trinajstić information content (AvgIpc) is 3.25. The molecule has 2 aromatic heterocycles. The summed E-state index contributed by atoms with van der Waals surface area (Å²) < 4.78 is 7.19. The van der Waals surface area contributed by atoms with Gasteiger partial charge in [0.15, 0.2) is 5.76 Å². The maximum absolute atomic E-state index is 12.2. The van der Waals surface area contributed by atoms with Gasteiger partial charge in [-0.2, -0.15) is 16.9 Å². The lowest BCUT2D eigenvalue weighted by atomic mass is 10.2. The quantitative estimate of drug-likeness (QED) is 0.753. The highest BCUT2D eigenvalue weighted by molar-refractivity contribution is 7.97. The predicted octanol–water partition coefficient (Wildman–Crippen LogP) is 2.65. The third-order valence-corrected chi connectivity index (χ3v) is 3.84. The molecule has 118 valence electrons. The highest BCUT2D eigenvalue weighted by atomic mass is 32.2. The van der Waals surface area contributed by atoms with E-state index in [1.807, 2.05) is 36.6 Å². The van der Waals surface area contributed by atoms with E-state index in [0.717, 1.165) is 22.8 Å². The van der Waals surface area contributed by atoms with Crippen LogP contribution in [0.5, 0.6) is 0 Å². The largest absolute Gasteiger partial charge is 0.455 e. The third kappa shape index (κ3) is 3.62. The number of hydrogen-bond acceptors (Lipinski definition) is 5. The van der Waals surface area contributed by atoms with E-state index in [1.165, 1.54) is 6.33 Å². The minimum atomic E-state index is -0.231. The van der Waals surface area contributed by atoms with Gasteiger partial charge < -0.3 is 9.73 Å². The van der Waals surface area contributed by atoms with Crippen LogP contribution in [0.1, 0.15) is 21.9 Å². The molecular formula is C16H16N4O2S. The minimum absolute atomic E-state index is 0.231. The molecule has 3 aromatic rings. The zero-order valence-electron chi connectivity index (χ0n) is 12.6. The number of rotatable bonds is 6. The van der Waals surface area contributed by atoms with Crippen molar-refractivity contribution in [1.29, 1.82) is 0 Å². The molecule has 0 aliphatic rings. The number of thioether (sulfide) groups is 1. The van der Waals surface area contributed by atoms with Gasteiger partial charge in [-0.25, -0.2) is 9.67 Å². The Balaban J connectivity index is 1.69. The standard InChI is InChI=1S/C16H16N4O2S/c1-23-9-13-6-7-15(22-13)16(21)18-8-12-4-2-3-5-14(12)20-11-17-10-19-20/h2-7,10-11H,8-9H2,1H3,(H,18,21). The molecule has 0 bridgehead atoms. The number of nitrogens with zero attached hydrogens (tertiary/aromatic N) is 3. The number of amides is 1. The van der Waals surface area contributed by atoms with Crippen LogP contribution < -0.4 is 5.32 Å². The van der Waals surface area contributed by atoms with Crippen LogP contribution in [0.3, 0.4) is 0 Å². The second-order valence-electron chi connectivity index (χ2n) is 4.85. The van der Waals surface area contributed by atoms with Gasteiger partial charge >= 0.3 is 0 Å². The maximum atomic E-state index is 12.2. The van der Waals surface area contributed by atoms with Gasteiger partial charge in [-0.1, -0.05) is 18.2 Å². The van der Waals surface area contributed by atoms with Gasteiger partial charge in [-0.3, -0.25) is 4.79 Å². The van der Waals surface area contributed by atoms with Crippen molar-refractivity contribution < 1.29 is 9.21 Å². The Labute approximate surface area is 137 Å². The Morgan fingerprint density at radius 2 is 2.17 bits per heavy atom. The molecule has 0 saturated heterocycles. The molecule has 0 unspecified atom stereocenters. The van der Waals surface area contributed by atoms with Gasteiger partial charge in [0.25, 0.3) is 5.91 Å². The lowest BCUT2D eigenvalue weighted by Gasteiger charge is -2.09. The van der Waals surface area contributed by atoms with E-state index in [1.54, 1.807) is 28.8 Å². The fourth-order valence-electron chi connectivity index (χ4n) is 2.20. The third-order valence-electron chi connectivity index (χ3n) is 3.27. The van der Waals surface area contributed by atoms with Gasteiger partial charge in [-0.05, 0) is 30.0 Å². The van der Waals surface area contributed by atoms with Crippen LogP contribution in [-0.4, -0.2) is 26.9 Å². The molecule has 0 fully saturated rings. The summed E-state index contributed by atoms with van der Waals surface area (Å²) in [5.74, 6) is 1.64. The van der Waals surface area contributed by atoms with Crippen molar-refractivity contribution in [2.45, 2.75) is 12.3 Å². The van der Waals surface area contributed by atoms with E-state index in [-0.39, 0.29) is 5.91 Å². The van der Waals surface area contributed by atoms with Crippen molar-refractivity contribution in [3.63, 3.8) is 0 Å².